The van der Waals surface area contributed by atoms with Gasteiger partial charge in [0.05, 0.1) is 38.5 Å². The van der Waals surface area contributed by atoms with E-state index in [2.05, 4.69) is 13.2 Å². The van der Waals surface area contributed by atoms with Crippen LogP contribution in [-0.2, 0) is 33.3 Å². The summed E-state index contributed by atoms with van der Waals surface area (Å²) in [6.45, 7) is 7.91. The summed E-state index contributed by atoms with van der Waals surface area (Å²) in [6, 6.07) is 0. The molecule has 4 atom stereocenters. The number of rotatable bonds is 20. The van der Waals surface area contributed by atoms with Crippen LogP contribution in [-0.4, -0.2) is 146 Å². The third kappa shape index (κ3) is 16.1. The topological polar surface area (TPSA) is 176 Å². The quantitative estimate of drug-likeness (QED) is 0.101. The normalized spacial score (nSPS) is 14.4. The highest BCUT2D eigenvalue weighted by Crippen LogP contribution is 2.05. The summed E-state index contributed by atoms with van der Waals surface area (Å²) in [7, 11) is 2.77. The van der Waals surface area contributed by atoms with Crippen LogP contribution in [0, 0.1) is 0 Å². The highest BCUT2D eigenvalue weighted by atomic mass is 16.5. The Labute approximate surface area is 217 Å². The number of methoxy groups -OCH3 is 2. The molecule has 0 aliphatic heterocycles. The lowest BCUT2D eigenvalue weighted by molar-refractivity contribution is -0.145. The van der Waals surface area contributed by atoms with Crippen LogP contribution in [0.15, 0.2) is 24.3 Å². The van der Waals surface area contributed by atoms with Gasteiger partial charge in [0, 0.05) is 45.0 Å². The molecule has 0 aromatic heterocycles. The summed E-state index contributed by atoms with van der Waals surface area (Å²) in [5.41, 5.74) is 0.306. The fourth-order valence-corrected chi connectivity index (χ4v) is 3.06. The number of hydrogen-bond acceptors (Lipinski definition) is 12. The molecule has 0 heterocycles. The zero-order valence-corrected chi connectivity index (χ0v) is 22.1. The molecule has 0 saturated heterocycles. The van der Waals surface area contributed by atoms with E-state index in [-0.39, 0.29) is 63.7 Å². The third-order valence-electron chi connectivity index (χ3n) is 4.74. The Morgan fingerprint density at radius 1 is 0.676 bits per heavy atom. The van der Waals surface area contributed by atoms with E-state index in [0.717, 1.165) is 4.90 Å². The Hall–Kier alpha value is -2.39. The molecular formula is C24H42N2O11. The second kappa shape index (κ2) is 18.8. The van der Waals surface area contributed by atoms with Crippen molar-refractivity contribution in [2.75, 3.05) is 73.4 Å². The zero-order valence-electron chi connectivity index (χ0n) is 22.1. The molecule has 37 heavy (non-hydrogen) atoms. The molecule has 0 aliphatic rings. The summed E-state index contributed by atoms with van der Waals surface area (Å²) >= 11 is 0. The van der Waals surface area contributed by atoms with Crippen molar-refractivity contribution in [3.63, 3.8) is 0 Å². The maximum atomic E-state index is 13.2. The Morgan fingerprint density at radius 2 is 1.03 bits per heavy atom. The first-order chi connectivity index (χ1) is 17.3. The SMILES string of the molecule is C=C(C)C(=O)OCC(O)CN(CC(=O)N(CC(O)COC)CC(O)COC(=O)C(=C)C)CC(O)COC. The first-order valence-electron chi connectivity index (χ1n) is 11.7. The number of aliphatic hydroxyl groups excluding tert-OH is 4. The van der Waals surface area contributed by atoms with Gasteiger partial charge in [-0.25, -0.2) is 9.59 Å². The molecule has 0 radical (unpaired) electrons. The molecule has 0 aromatic rings. The average molecular weight is 535 g/mol. The van der Waals surface area contributed by atoms with Crippen molar-refractivity contribution in [2.24, 2.45) is 0 Å². The molecule has 1 amide bonds. The largest absolute Gasteiger partial charge is 0.460 e. The van der Waals surface area contributed by atoms with Crippen LogP contribution in [0.5, 0.6) is 0 Å². The molecular weight excluding hydrogens is 492 g/mol. The second-order valence-corrected chi connectivity index (χ2v) is 8.78. The summed E-state index contributed by atoms with van der Waals surface area (Å²) in [5.74, 6) is -1.94. The second-order valence-electron chi connectivity index (χ2n) is 8.78. The lowest BCUT2D eigenvalue weighted by atomic mass is 10.2. The number of aliphatic hydroxyl groups is 4. The number of carbonyl (C=O) groups excluding carboxylic acids is 3. The van der Waals surface area contributed by atoms with Crippen molar-refractivity contribution in [3.8, 4) is 0 Å². The molecule has 13 heteroatoms. The summed E-state index contributed by atoms with van der Waals surface area (Å²) in [5, 5.41) is 41.0. The minimum Gasteiger partial charge on any atom is -0.460 e. The van der Waals surface area contributed by atoms with Crippen LogP contribution in [0.25, 0.3) is 0 Å². The van der Waals surface area contributed by atoms with Gasteiger partial charge in [-0.3, -0.25) is 9.69 Å². The van der Waals surface area contributed by atoms with Crippen molar-refractivity contribution >= 4 is 17.8 Å². The Kier molecular flexibility index (Phi) is 17.6. The van der Waals surface area contributed by atoms with E-state index >= 15 is 0 Å². The van der Waals surface area contributed by atoms with E-state index in [0.29, 0.717) is 0 Å². The smallest absolute Gasteiger partial charge is 0.333 e. The number of amides is 1. The summed E-state index contributed by atoms with van der Waals surface area (Å²) in [6.07, 6.45) is -4.52. The molecule has 13 nitrogen and oxygen atoms in total. The maximum absolute atomic E-state index is 13.2. The first kappa shape index (κ1) is 34.6. The number of esters is 2. The fraction of sp³-hybridized carbons (Fsp3) is 0.708. The molecule has 0 spiro atoms. The monoisotopic (exact) mass is 534 g/mol. The number of hydrogen-bond donors (Lipinski definition) is 4. The van der Waals surface area contributed by atoms with Gasteiger partial charge in [-0.1, -0.05) is 13.2 Å². The predicted molar refractivity (Wildman–Crippen MR) is 132 cm³/mol. The van der Waals surface area contributed by atoms with Crippen molar-refractivity contribution < 1.29 is 53.8 Å². The number of nitrogens with zero attached hydrogens (tertiary/aromatic N) is 2. The summed E-state index contributed by atoms with van der Waals surface area (Å²) in [4.78, 5) is 38.9. The minimum absolute atomic E-state index is 0.0332. The van der Waals surface area contributed by atoms with Crippen LogP contribution in [0.4, 0.5) is 0 Å². The third-order valence-corrected chi connectivity index (χ3v) is 4.74. The summed E-state index contributed by atoms with van der Waals surface area (Å²) < 4.78 is 19.7. The number of ether oxygens (including phenoxy) is 4. The molecule has 0 saturated carbocycles. The van der Waals surface area contributed by atoms with Gasteiger partial charge >= 0.3 is 11.9 Å². The van der Waals surface area contributed by atoms with E-state index in [4.69, 9.17) is 18.9 Å². The molecule has 4 unspecified atom stereocenters. The lowest BCUT2D eigenvalue weighted by Gasteiger charge is -2.31. The standard InChI is InChI=1S/C24H42N2O11/c1-16(2)23(32)36-14-19(28)8-25(7-18(27)12-34-5)11-22(31)26(9-20(29)13-35-6)10-21(30)15-37-24(33)17(3)4/h18-21,27-30H,1,3,7-15H2,2,4-6H3. The molecule has 0 rings (SSSR count). The highest BCUT2D eigenvalue weighted by molar-refractivity contribution is 5.87. The molecule has 4 N–H and O–H groups in total. The predicted octanol–water partition coefficient (Wildman–Crippen LogP) is -1.91. The van der Waals surface area contributed by atoms with Crippen molar-refractivity contribution in [2.45, 2.75) is 38.3 Å². The van der Waals surface area contributed by atoms with Crippen LogP contribution >= 0.6 is 0 Å². The van der Waals surface area contributed by atoms with Gasteiger partial charge in [-0.2, -0.15) is 0 Å². The lowest BCUT2D eigenvalue weighted by Crippen LogP contribution is -2.50. The Morgan fingerprint density at radius 3 is 1.41 bits per heavy atom. The van der Waals surface area contributed by atoms with Crippen molar-refractivity contribution in [1.29, 1.82) is 0 Å². The van der Waals surface area contributed by atoms with Crippen LogP contribution < -0.4 is 0 Å². The van der Waals surface area contributed by atoms with Gasteiger partial charge in [0.2, 0.25) is 5.91 Å². The van der Waals surface area contributed by atoms with E-state index in [1.54, 1.807) is 0 Å². The fourth-order valence-electron chi connectivity index (χ4n) is 3.06. The van der Waals surface area contributed by atoms with Gasteiger partial charge in [0.15, 0.2) is 0 Å². The molecule has 0 bridgehead atoms. The maximum Gasteiger partial charge on any atom is 0.333 e. The van der Waals surface area contributed by atoms with Crippen molar-refractivity contribution in [1.82, 2.24) is 9.80 Å². The molecule has 214 valence electrons. The van der Waals surface area contributed by atoms with Crippen LogP contribution in [0.1, 0.15) is 13.8 Å². The molecule has 0 fully saturated rings. The van der Waals surface area contributed by atoms with E-state index in [1.807, 2.05) is 0 Å². The van der Waals surface area contributed by atoms with Crippen LogP contribution in [0.2, 0.25) is 0 Å². The van der Waals surface area contributed by atoms with Gasteiger partial charge < -0.3 is 44.3 Å². The van der Waals surface area contributed by atoms with Crippen molar-refractivity contribution in [3.05, 3.63) is 24.3 Å². The molecule has 0 aliphatic carbocycles. The van der Waals surface area contributed by atoms with Crippen LogP contribution in [0.3, 0.4) is 0 Å². The Bertz CT molecular complexity index is 746. The molecule has 0 aromatic carbocycles. The average Bonchev–Trinajstić information content (AvgIpc) is 2.80. The highest BCUT2D eigenvalue weighted by Gasteiger charge is 2.26. The van der Waals surface area contributed by atoms with E-state index in [9.17, 15) is 34.8 Å². The minimum atomic E-state index is -1.26. The zero-order chi connectivity index (χ0) is 28.5. The van der Waals surface area contributed by atoms with Gasteiger partial charge in [-0.15, -0.1) is 0 Å². The first-order valence-corrected chi connectivity index (χ1v) is 11.7. The van der Waals surface area contributed by atoms with Gasteiger partial charge in [0.25, 0.3) is 0 Å². The number of carbonyl (C=O) groups is 3. The van der Waals surface area contributed by atoms with Gasteiger partial charge in [-0.05, 0) is 13.8 Å². The van der Waals surface area contributed by atoms with E-state index in [1.165, 1.54) is 33.0 Å². The Balaban J connectivity index is 5.43. The van der Waals surface area contributed by atoms with E-state index < -0.39 is 48.9 Å². The van der Waals surface area contributed by atoms with Gasteiger partial charge in [0.1, 0.15) is 25.4 Å².